The van der Waals surface area contributed by atoms with E-state index in [9.17, 15) is 5.11 Å². The molecule has 2 fully saturated rings. The molecular formula is C25H41N7O. The Labute approximate surface area is 198 Å². The maximum Gasteiger partial charge on any atom is 0.195 e. The van der Waals surface area contributed by atoms with Crippen molar-refractivity contribution in [2.24, 2.45) is 9.98 Å². The van der Waals surface area contributed by atoms with Gasteiger partial charge in [0.15, 0.2) is 6.29 Å². The molecule has 4 rings (SSSR count). The number of hydrogen-bond acceptors (Lipinski definition) is 8. The third kappa shape index (κ3) is 7.06. The molecule has 3 unspecified atom stereocenters. The van der Waals surface area contributed by atoms with Gasteiger partial charge in [-0.3, -0.25) is 20.2 Å². The molecule has 0 amide bonds. The summed E-state index contributed by atoms with van der Waals surface area (Å²) in [4.78, 5) is 16.9. The van der Waals surface area contributed by atoms with Gasteiger partial charge in [-0.25, -0.2) is 4.99 Å². The van der Waals surface area contributed by atoms with Crippen LogP contribution in [-0.2, 0) is 6.54 Å². The Morgan fingerprint density at radius 1 is 1.21 bits per heavy atom. The second kappa shape index (κ2) is 12.0. The Hall–Kier alpha value is -1.87. The molecular weight excluding hydrogens is 414 g/mol. The Balaban J connectivity index is 1.43. The molecule has 3 aliphatic rings. The maximum absolute atomic E-state index is 9.88. The molecule has 0 radical (unpaired) electrons. The molecule has 3 atom stereocenters. The summed E-state index contributed by atoms with van der Waals surface area (Å²) < 4.78 is 0. The number of nitrogens with zero attached hydrogens (tertiary/aromatic N) is 4. The van der Waals surface area contributed by atoms with Crippen molar-refractivity contribution in [2.75, 3.05) is 26.2 Å². The summed E-state index contributed by atoms with van der Waals surface area (Å²) in [6.45, 7) is 9.46. The Morgan fingerprint density at radius 2 is 2.06 bits per heavy atom. The van der Waals surface area contributed by atoms with Crippen LogP contribution in [0.25, 0.3) is 0 Å². The minimum absolute atomic E-state index is 0.0608. The largest absolute Gasteiger partial charge is 0.393 e. The number of rotatable bonds is 8. The van der Waals surface area contributed by atoms with E-state index in [-0.39, 0.29) is 18.3 Å². The molecule has 1 aromatic heterocycles. The van der Waals surface area contributed by atoms with Gasteiger partial charge in [0.1, 0.15) is 5.84 Å². The van der Waals surface area contributed by atoms with Crippen LogP contribution in [0.3, 0.4) is 0 Å². The summed E-state index contributed by atoms with van der Waals surface area (Å²) in [5.74, 6) is 0.880. The van der Waals surface area contributed by atoms with Gasteiger partial charge in [0, 0.05) is 50.7 Å². The number of piperazine rings is 1. The molecule has 4 N–H and O–H groups in total. The van der Waals surface area contributed by atoms with Crippen molar-refractivity contribution in [2.45, 2.75) is 89.3 Å². The van der Waals surface area contributed by atoms with Crippen LogP contribution in [0.2, 0.25) is 0 Å². The van der Waals surface area contributed by atoms with Gasteiger partial charge in [-0.2, -0.15) is 0 Å². The summed E-state index contributed by atoms with van der Waals surface area (Å²) in [7, 11) is 0. The second-order valence-corrected chi connectivity index (χ2v) is 9.80. The zero-order valence-electron chi connectivity index (χ0n) is 20.2. The highest BCUT2D eigenvalue weighted by Gasteiger charge is 2.27. The zero-order valence-corrected chi connectivity index (χ0v) is 20.2. The van der Waals surface area contributed by atoms with Gasteiger partial charge in [0.2, 0.25) is 0 Å². The van der Waals surface area contributed by atoms with Crippen LogP contribution >= 0.6 is 0 Å². The van der Waals surface area contributed by atoms with Gasteiger partial charge in [-0.1, -0.05) is 19.4 Å². The summed E-state index contributed by atoms with van der Waals surface area (Å²) in [6, 6.07) is 5.20. The average Bonchev–Trinajstić information content (AvgIpc) is 2.82. The van der Waals surface area contributed by atoms with E-state index in [1.807, 2.05) is 12.4 Å². The van der Waals surface area contributed by atoms with Crippen molar-refractivity contribution in [1.82, 2.24) is 25.8 Å². The van der Waals surface area contributed by atoms with Gasteiger partial charge in [-0.05, 0) is 57.2 Å². The Bertz CT molecular complexity index is 788. The van der Waals surface area contributed by atoms with E-state index >= 15 is 0 Å². The third-order valence-electron chi connectivity index (χ3n) is 6.86. The van der Waals surface area contributed by atoms with Crippen LogP contribution in [0.5, 0.6) is 0 Å². The lowest BCUT2D eigenvalue weighted by molar-refractivity contribution is 0.120. The normalized spacial score (nSPS) is 30.8. The monoisotopic (exact) mass is 455 g/mol. The van der Waals surface area contributed by atoms with E-state index in [2.05, 4.69) is 51.8 Å². The number of aliphatic hydroxyl groups excluding tert-OH is 1. The molecule has 0 bridgehead atoms. The molecule has 33 heavy (non-hydrogen) atoms. The molecule has 1 saturated carbocycles. The van der Waals surface area contributed by atoms with E-state index in [1.54, 1.807) is 0 Å². The molecule has 1 aliphatic carbocycles. The molecule has 1 aromatic rings. The van der Waals surface area contributed by atoms with Gasteiger partial charge in [0.05, 0.1) is 17.7 Å². The highest BCUT2D eigenvalue weighted by Crippen LogP contribution is 2.22. The fraction of sp³-hybridized carbons (Fsp3) is 0.720. The van der Waals surface area contributed by atoms with E-state index in [0.717, 1.165) is 82.8 Å². The topological polar surface area (TPSA) is 97.2 Å². The fourth-order valence-electron chi connectivity index (χ4n) is 4.89. The van der Waals surface area contributed by atoms with Crippen molar-refractivity contribution >= 4 is 12.1 Å². The smallest absolute Gasteiger partial charge is 0.195 e. The van der Waals surface area contributed by atoms with E-state index in [1.165, 1.54) is 5.56 Å². The highest BCUT2D eigenvalue weighted by molar-refractivity contribution is 6.03. The number of aromatic nitrogens is 1. The lowest BCUT2D eigenvalue weighted by Crippen LogP contribution is -2.48. The first-order chi connectivity index (χ1) is 16.1. The molecule has 0 spiro atoms. The summed E-state index contributed by atoms with van der Waals surface area (Å²) in [5, 5.41) is 20.5. The summed E-state index contributed by atoms with van der Waals surface area (Å²) >= 11 is 0. The maximum atomic E-state index is 9.88. The van der Waals surface area contributed by atoms with Gasteiger partial charge in [-0.15, -0.1) is 0 Å². The molecule has 8 nitrogen and oxygen atoms in total. The van der Waals surface area contributed by atoms with E-state index in [0.29, 0.717) is 12.1 Å². The second-order valence-electron chi connectivity index (χ2n) is 9.80. The van der Waals surface area contributed by atoms with Crippen molar-refractivity contribution in [3.8, 4) is 0 Å². The highest BCUT2D eigenvalue weighted by atomic mass is 16.3. The lowest BCUT2D eigenvalue weighted by Gasteiger charge is -2.32. The number of aliphatic hydroxyl groups is 1. The quantitative estimate of drug-likeness (QED) is 0.448. The third-order valence-corrected chi connectivity index (χ3v) is 6.86. The molecule has 8 heteroatoms. The molecule has 0 aromatic carbocycles. The average molecular weight is 456 g/mol. The number of aliphatic imine (C=N–C) groups is 2. The molecule has 2 aliphatic heterocycles. The first-order valence-corrected chi connectivity index (χ1v) is 12.8. The molecule has 182 valence electrons. The lowest BCUT2D eigenvalue weighted by atomic mass is 9.92. The molecule has 1 saturated heterocycles. The van der Waals surface area contributed by atoms with E-state index in [4.69, 9.17) is 9.98 Å². The van der Waals surface area contributed by atoms with Gasteiger partial charge < -0.3 is 15.7 Å². The van der Waals surface area contributed by atoms with Crippen LogP contribution in [0.15, 0.2) is 28.3 Å². The number of amidine groups is 1. The Kier molecular flexibility index (Phi) is 8.83. The predicted molar refractivity (Wildman–Crippen MR) is 134 cm³/mol. The van der Waals surface area contributed by atoms with Crippen molar-refractivity contribution in [3.05, 3.63) is 29.6 Å². The van der Waals surface area contributed by atoms with Crippen LogP contribution in [0.4, 0.5) is 0 Å². The summed E-state index contributed by atoms with van der Waals surface area (Å²) in [6.07, 6.45) is 9.49. The van der Waals surface area contributed by atoms with Crippen molar-refractivity contribution in [1.29, 1.82) is 0 Å². The van der Waals surface area contributed by atoms with Crippen LogP contribution in [0, 0.1) is 0 Å². The standard InChI is InChI=1S/C25H41N7O/c1-3-4-11-27-25-29-15-22(24(31-25)30-20-6-8-21(33)9-7-20)23-10-5-19(14-28-23)17-32-13-12-26-18(2)16-32/h5,10,14-15,18,20-22,25-27,33H,3-4,6-9,11-13,16-17H2,1-2H3,(H,30,31). The van der Waals surface area contributed by atoms with Gasteiger partial charge in [0.25, 0.3) is 0 Å². The van der Waals surface area contributed by atoms with Crippen molar-refractivity contribution in [3.63, 3.8) is 0 Å². The predicted octanol–water partition coefficient (Wildman–Crippen LogP) is 2.01. The first kappa shape index (κ1) is 24.3. The summed E-state index contributed by atoms with van der Waals surface area (Å²) in [5.41, 5.74) is 2.22. The zero-order chi connectivity index (χ0) is 23.0. The molecule has 3 heterocycles. The van der Waals surface area contributed by atoms with E-state index < -0.39 is 0 Å². The Morgan fingerprint density at radius 3 is 2.79 bits per heavy atom. The minimum atomic E-state index is -0.238. The van der Waals surface area contributed by atoms with Gasteiger partial charge >= 0.3 is 0 Å². The SMILES string of the molecule is CCCCNC1N=CC(c2ccc(CN3CCNC(C)C3)cn2)C(NC2CCC(O)CC2)=N1. The number of pyridine rings is 1. The van der Waals surface area contributed by atoms with Crippen molar-refractivity contribution < 1.29 is 5.11 Å². The number of hydrogen-bond donors (Lipinski definition) is 4. The van der Waals surface area contributed by atoms with Crippen LogP contribution in [-0.4, -0.2) is 77.7 Å². The number of unbranched alkanes of at least 4 members (excludes halogenated alkanes) is 1. The van der Waals surface area contributed by atoms with Crippen LogP contribution < -0.4 is 16.0 Å². The first-order valence-electron chi connectivity index (χ1n) is 12.8. The fourth-order valence-corrected chi connectivity index (χ4v) is 4.89. The number of nitrogens with one attached hydrogen (secondary N) is 3. The van der Waals surface area contributed by atoms with Crippen LogP contribution in [0.1, 0.15) is 69.5 Å². The minimum Gasteiger partial charge on any atom is -0.393 e.